The lowest BCUT2D eigenvalue weighted by Crippen LogP contribution is -2.28. The highest BCUT2D eigenvalue weighted by Crippen LogP contribution is 2.05. The lowest BCUT2D eigenvalue weighted by molar-refractivity contribution is 0.117. The molecule has 0 saturated heterocycles. The van der Waals surface area contributed by atoms with Crippen LogP contribution in [0.15, 0.2) is 30.3 Å². The highest BCUT2D eigenvalue weighted by Gasteiger charge is 2.02. The van der Waals surface area contributed by atoms with Crippen LogP contribution in [0, 0.1) is 0 Å². The molecule has 19 heavy (non-hydrogen) atoms. The molecule has 1 aromatic carbocycles. The van der Waals surface area contributed by atoms with E-state index in [0.29, 0.717) is 0 Å². The van der Waals surface area contributed by atoms with Crippen LogP contribution in [-0.4, -0.2) is 43.1 Å². The molecule has 0 bridgehead atoms. The number of alkyl halides is 1. The fourth-order valence-electron chi connectivity index (χ4n) is 2.09. The van der Waals surface area contributed by atoms with E-state index in [1.165, 1.54) is 31.4 Å². The molecule has 108 valence electrons. The third-order valence-corrected chi connectivity index (χ3v) is 3.58. The van der Waals surface area contributed by atoms with Gasteiger partial charge < -0.3 is 9.64 Å². The summed E-state index contributed by atoms with van der Waals surface area (Å²) in [5.41, 5.74) is 1.45. The third-order valence-electron chi connectivity index (χ3n) is 3.25. The molecule has 1 aromatic rings. The molecule has 1 rings (SSSR count). The summed E-state index contributed by atoms with van der Waals surface area (Å²) in [6.45, 7) is 7.23. The van der Waals surface area contributed by atoms with Crippen molar-refractivity contribution in [2.45, 2.75) is 26.2 Å². The Morgan fingerprint density at radius 2 is 1.84 bits per heavy atom. The fourth-order valence-corrected chi connectivity index (χ4v) is 2.32. The first-order valence-corrected chi connectivity index (χ1v) is 8.39. The average molecular weight is 328 g/mol. The zero-order valence-electron chi connectivity index (χ0n) is 12.0. The van der Waals surface area contributed by atoms with Crippen molar-refractivity contribution in [2.75, 3.05) is 38.2 Å². The largest absolute Gasteiger partial charge is 0.379 e. The van der Waals surface area contributed by atoms with E-state index >= 15 is 0 Å². The minimum atomic E-state index is 0.811. The Balaban J connectivity index is 2.05. The number of hydrogen-bond donors (Lipinski definition) is 0. The van der Waals surface area contributed by atoms with Gasteiger partial charge in [-0.3, -0.25) is 0 Å². The summed E-state index contributed by atoms with van der Waals surface area (Å²) >= 11 is 3.37. The van der Waals surface area contributed by atoms with E-state index in [-0.39, 0.29) is 0 Å². The number of halogens is 1. The fraction of sp³-hybridized carbons (Fsp3) is 0.625. The van der Waals surface area contributed by atoms with Crippen molar-refractivity contribution in [1.29, 1.82) is 0 Å². The first kappa shape index (κ1) is 16.7. The van der Waals surface area contributed by atoms with Crippen molar-refractivity contribution >= 4 is 15.9 Å². The van der Waals surface area contributed by atoms with Gasteiger partial charge in [-0.1, -0.05) is 53.2 Å². The smallest absolute Gasteiger partial charge is 0.0593 e. The third kappa shape index (κ3) is 8.40. The van der Waals surface area contributed by atoms with Crippen LogP contribution in [0.1, 0.15) is 25.3 Å². The van der Waals surface area contributed by atoms with E-state index in [9.17, 15) is 0 Å². The van der Waals surface area contributed by atoms with Gasteiger partial charge in [0, 0.05) is 11.9 Å². The highest BCUT2D eigenvalue weighted by molar-refractivity contribution is 9.09. The number of nitrogens with zero attached hydrogens (tertiary/aromatic N) is 1. The molecule has 2 nitrogen and oxygen atoms in total. The molecule has 0 atom stereocenters. The van der Waals surface area contributed by atoms with Crippen LogP contribution < -0.4 is 0 Å². The second-order valence-electron chi connectivity index (χ2n) is 4.68. The van der Waals surface area contributed by atoms with Crippen LogP contribution >= 0.6 is 15.9 Å². The lowest BCUT2D eigenvalue weighted by Gasteiger charge is -2.20. The molecule has 0 saturated carbocycles. The van der Waals surface area contributed by atoms with Gasteiger partial charge in [0.25, 0.3) is 0 Å². The normalized spacial score (nSPS) is 11.1. The predicted octanol–water partition coefficient (Wildman–Crippen LogP) is 3.74. The van der Waals surface area contributed by atoms with Gasteiger partial charge in [-0.15, -0.1) is 0 Å². The van der Waals surface area contributed by atoms with Crippen molar-refractivity contribution < 1.29 is 4.74 Å². The minimum absolute atomic E-state index is 0.811. The molecule has 0 aliphatic rings. The summed E-state index contributed by atoms with van der Waals surface area (Å²) in [7, 11) is 0. The van der Waals surface area contributed by atoms with Gasteiger partial charge in [-0.05, 0) is 37.9 Å². The van der Waals surface area contributed by atoms with E-state index in [1.54, 1.807) is 0 Å². The number of aryl methyl sites for hydroxylation is 1. The average Bonchev–Trinajstić information content (AvgIpc) is 2.46. The maximum absolute atomic E-state index is 5.50. The summed E-state index contributed by atoms with van der Waals surface area (Å²) in [5, 5.41) is 0.927. The first-order valence-electron chi connectivity index (χ1n) is 7.26. The van der Waals surface area contributed by atoms with E-state index in [1.807, 2.05) is 0 Å². The topological polar surface area (TPSA) is 12.5 Å². The molecule has 0 unspecified atom stereocenters. The van der Waals surface area contributed by atoms with Crippen molar-refractivity contribution in [3.8, 4) is 0 Å². The number of ether oxygens (including phenoxy) is 1. The molecule has 0 radical (unpaired) electrons. The molecule has 0 aliphatic heterocycles. The molecule has 3 heteroatoms. The molecular formula is C16H26BrNO. The molecule has 0 aliphatic carbocycles. The summed E-state index contributed by atoms with van der Waals surface area (Å²) < 4.78 is 5.50. The number of hydrogen-bond acceptors (Lipinski definition) is 2. The molecular weight excluding hydrogens is 302 g/mol. The number of unbranched alkanes of at least 4 members (excludes halogenated alkanes) is 1. The maximum Gasteiger partial charge on any atom is 0.0593 e. The SMILES string of the molecule is CCN(CCCCc1ccccc1)CCOCCBr. The zero-order chi connectivity index (χ0) is 13.8. The Kier molecular flexibility index (Phi) is 10.0. The van der Waals surface area contributed by atoms with Gasteiger partial charge in [-0.2, -0.15) is 0 Å². The van der Waals surface area contributed by atoms with Crippen LogP contribution in [0.3, 0.4) is 0 Å². The quantitative estimate of drug-likeness (QED) is 0.453. The van der Waals surface area contributed by atoms with E-state index in [2.05, 4.69) is 58.1 Å². The van der Waals surface area contributed by atoms with Crippen molar-refractivity contribution in [1.82, 2.24) is 4.90 Å². The second kappa shape index (κ2) is 11.4. The van der Waals surface area contributed by atoms with Crippen molar-refractivity contribution in [2.24, 2.45) is 0 Å². The summed E-state index contributed by atoms with van der Waals surface area (Å²) in [5.74, 6) is 0. The molecule has 0 aromatic heterocycles. The first-order chi connectivity index (χ1) is 9.36. The van der Waals surface area contributed by atoms with Crippen LogP contribution in [0.2, 0.25) is 0 Å². The summed E-state index contributed by atoms with van der Waals surface area (Å²) in [6.07, 6.45) is 3.72. The monoisotopic (exact) mass is 327 g/mol. The Hall–Kier alpha value is -0.380. The van der Waals surface area contributed by atoms with Crippen LogP contribution in [0.4, 0.5) is 0 Å². The van der Waals surface area contributed by atoms with Gasteiger partial charge in [-0.25, -0.2) is 0 Å². The summed E-state index contributed by atoms with van der Waals surface area (Å²) in [4.78, 5) is 2.47. The number of benzene rings is 1. The second-order valence-corrected chi connectivity index (χ2v) is 5.47. The van der Waals surface area contributed by atoms with Crippen LogP contribution in [-0.2, 0) is 11.2 Å². The highest BCUT2D eigenvalue weighted by atomic mass is 79.9. The molecule has 0 fully saturated rings. The van der Waals surface area contributed by atoms with Gasteiger partial charge in [0.1, 0.15) is 0 Å². The summed E-state index contributed by atoms with van der Waals surface area (Å²) in [6, 6.07) is 10.7. The number of likely N-dealkylation sites (N-methyl/N-ethyl adjacent to an activating group) is 1. The Bertz CT molecular complexity index is 305. The van der Waals surface area contributed by atoms with E-state index in [4.69, 9.17) is 4.74 Å². The van der Waals surface area contributed by atoms with Gasteiger partial charge in [0.2, 0.25) is 0 Å². The molecule has 0 amide bonds. The van der Waals surface area contributed by atoms with Gasteiger partial charge >= 0.3 is 0 Å². The zero-order valence-corrected chi connectivity index (χ0v) is 13.6. The number of rotatable bonds is 11. The van der Waals surface area contributed by atoms with E-state index < -0.39 is 0 Å². The maximum atomic E-state index is 5.50. The van der Waals surface area contributed by atoms with Crippen molar-refractivity contribution in [3.63, 3.8) is 0 Å². The lowest BCUT2D eigenvalue weighted by atomic mass is 10.1. The van der Waals surface area contributed by atoms with E-state index in [0.717, 1.165) is 31.6 Å². The van der Waals surface area contributed by atoms with Gasteiger partial charge in [0.15, 0.2) is 0 Å². The standard InChI is InChI=1S/C16H26BrNO/c1-2-18(13-15-19-14-11-17)12-7-6-10-16-8-4-3-5-9-16/h3-5,8-9H,2,6-7,10-15H2,1H3. The Labute approximate surface area is 126 Å². The minimum Gasteiger partial charge on any atom is -0.379 e. The molecule has 0 N–H and O–H groups in total. The molecule has 0 spiro atoms. The van der Waals surface area contributed by atoms with Gasteiger partial charge in [0.05, 0.1) is 13.2 Å². The Morgan fingerprint density at radius 1 is 1.05 bits per heavy atom. The van der Waals surface area contributed by atoms with Crippen LogP contribution in [0.25, 0.3) is 0 Å². The molecule has 0 heterocycles. The predicted molar refractivity (Wildman–Crippen MR) is 86.1 cm³/mol. The van der Waals surface area contributed by atoms with Crippen LogP contribution in [0.5, 0.6) is 0 Å². The Morgan fingerprint density at radius 3 is 2.53 bits per heavy atom. The van der Waals surface area contributed by atoms with Crippen molar-refractivity contribution in [3.05, 3.63) is 35.9 Å².